The molecule has 4 heterocycles. The molecule has 7 nitrogen and oxygen atoms in total. The standard InChI is InChI=1S/C27H25N3O4/c1-17-11-19(20-7-6-18(2)29-14-20)8-9-23(17)24-12-21(13-26(30-24)31-3)32-15-22-16-33-27-25(34-22)5-4-10-28-27/h4-14,22H,15-16H2,1-3H3. The summed E-state index contributed by atoms with van der Waals surface area (Å²) >= 11 is 0. The van der Waals surface area contributed by atoms with E-state index in [4.69, 9.17) is 18.9 Å². The van der Waals surface area contributed by atoms with Gasteiger partial charge in [-0.1, -0.05) is 24.3 Å². The number of hydrogen-bond donors (Lipinski definition) is 0. The summed E-state index contributed by atoms with van der Waals surface area (Å²) in [6, 6.07) is 17.7. The van der Waals surface area contributed by atoms with Gasteiger partial charge in [0.25, 0.3) is 5.88 Å². The lowest BCUT2D eigenvalue weighted by atomic mass is 9.98. The van der Waals surface area contributed by atoms with Crippen LogP contribution in [0, 0.1) is 13.8 Å². The largest absolute Gasteiger partial charge is 0.489 e. The number of rotatable bonds is 6. The SMILES string of the molecule is COc1cc(OCC2COc3ncccc3O2)cc(-c2ccc(-c3ccc(C)nc3)cc2C)n1. The average molecular weight is 456 g/mol. The van der Waals surface area contributed by atoms with Gasteiger partial charge in [0, 0.05) is 41.3 Å². The fourth-order valence-electron chi connectivity index (χ4n) is 3.81. The maximum atomic E-state index is 6.06. The van der Waals surface area contributed by atoms with Crippen molar-refractivity contribution in [2.45, 2.75) is 20.0 Å². The van der Waals surface area contributed by atoms with Crippen LogP contribution in [0.4, 0.5) is 0 Å². The van der Waals surface area contributed by atoms with Gasteiger partial charge in [0.2, 0.25) is 5.88 Å². The van der Waals surface area contributed by atoms with E-state index < -0.39 is 0 Å². The molecule has 0 fully saturated rings. The summed E-state index contributed by atoms with van der Waals surface area (Å²) in [5, 5.41) is 0. The summed E-state index contributed by atoms with van der Waals surface area (Å²) in [6.07, 6.45) is 3.32. The maximum absolute atomic E-state index is 6.06. The maximum Gasteiger partial charge on any atom is 0.257 e. The van der Waals surface area contributed by atoms with Gasteiger partial charge in [-0.25, -0.2) is 9.97 Å². The van der Waals surface area contributed by atoms with Crippen molar-refractivity contribution < 1.29 is 18.9 Å². The van der Waals surface area contributed by atoms with Crippen LogP contribution in [0.2, 0.25) is 0 Å². The Balaban J connectivity index is 1.35. The van der Waals surface area contributed by atoms with E-state index in [1.165, 1.54) is 0 Å². The lowest BCUT2D eigenvalue weighted by molar-refractivity contribution is 0.0500. The van der Waals surface area contributed by atoms with Gasteiger partial charge >= 0.3 is 0 Å². The third-order valence-electron chi connectivity index (χ3n) is 5.60. The van der Waals surface area contributed by atoms with Crippen molar-refractivity contribution in [1.29, 1.82) is 0 Å². The van der Waals surface area contributed by atoms with Crippen LogP contribution in [0.1, 0.15) is 11.3 Å². The molecule has 5 rings (SSSR count). The molecular formula is C27H25N3O4. The Kier molecular flexibility index (Phi) is 5.99. The number of aromatic nitrogens is 3. The highest BCUT2D eigenvalue weighted by Gasteiger charge is 2.22. The van der Waals surface area contributed by atoms with Gasteiger partial charge in [-0.15, -0.1) is 0 Å². The molecule has 1 aliphatic heterocycles. The fraction of sp³-hybridized carbons (Fsp3) is 0.222. The average Bonchev–Trinajstić information content (AvgIpc) is 2.87. The number of hydrogen-bond acceptors (Lipinski definition) is 7. The zero-order chi connectivity index (χ0) is 23.5. The van der Waals surface area contributed by atoms with E-state index in [1.54, 1.807) is 19.4 Å². The summed E-state index contributed by atoms with van der Waals surface area (Å²) in [5.41, 5.74) is 6.06. The van der Waals surface area contributed by atoms with E-state index in [0.717, 1.165) is 33.6 Å². The molecule has 172 valence electrons. The molecule has 0 amide bonds. The van der Waals surface area contributed by atoms with Crippen molar-refractivity contribution in [3.05, 3.63) is 78.2 Å². The van der Waals surface area contributed by atoms with Gasteiger partial charge in [-0.05, 0) is 43.2 Å². The molecule has 0 radical (unpaired) electrons. The summed E-state index contributed by atoms with van der Waals surface area (Å²) < 4.78 is 23.1. The second-order valence-corrected chi connectivity index (χ2v) is 8.12. The molecular weight excluding hydrogens is 430 g/mol. The molecule has 1 atom stereocenters. The van der Waals surface area contributed by atoms with Crippen molar-refractivity contribution in [1.82, 2.24) is 15.0 Å². The van der Waals surface area contributed by atoms with Crippen LogP contribution in [-0.4, -0.2) is 41.4 Å². The molecule has 0 saturated carbocycles. The van der Waals surface area contributed by atoms with Crippen molar-refractivity contribution in [2.75, 3.05) is 20.3 Å². The Hall–Kier alpha value is -4.13. The minimum Gasteiger partial charge on any atom is -0.489 e. The molecule has 1 aromatic carbocycles. The first-order chi connectivity index (χ1) is 16.6. The van der Waals surface area contributed by atoms with Gasteiger partial charge in [-0.2, -0.15) is 0 Å². The number of ether oxygens (including phenoxy) is 4. The zero-order valence-electron chi connectivity index (χ0n) is 19.3. The van der Waals surface area contributed by atoms with Crippen LogP contribution in [0.25, 0.3) is 22.4 Å². The topological polar surface area (TPSA) is 75.6 Å². The van der Waals surface area contributed by atoms with Crippen molar-refractivity contribution in [3.63, 3.8) is 0 Å². The molecule has 0 aliphatic carbocycles. The van der Waals surface area contributed by atoms with E-state index >= 15 is 0 Å². The fourth-order valence-corrected chi connectivity index (χ4v) is 3.81. The first kappa shape index (κ1) is 21.7. The predicted octanol–water partition coefficient (Wildman–Crippen LogP) is 5.05. The highest BCUT2D eigenvalue weighted by Crippen LogP contribution is 2.32. The second-order valence-electron chi connectivity index (χ2n) is 8.12. The molecule has 34 heavy (non-hydrogen) atoms. The van der Waals surface area contributed by atoms with Gasteiger partial charge in [0.1, 0.15) is 19.0 Å². The second kappa shape index (κ2) is 9.39. The molecule has 1 aliphatic rings. The van der Waals surface area contributed by atoms with E-state index in [0.29, 0.717) is 36.5 Å². The van der Waals surface area contributed by atoms with Crippen LogP contribution < -0.4 is 18.9 Å². The first-order valence-corrected chi connectivity index (χ1v) is 11.1. The number of nitrogens with zero attached hydrogens (tertiary/aromatic N) is 3. The smallest absolute Gasteiger partial charge is 0.257 e. The third-order valence-corrected chi connectivity index (χ3v) is 5.60. The summed E-state index contributed by atoms with van der Waals surface area (Å²) in [4.78, 5) is 13.2. The molecule has 0 bridgehead atoms. The molecule has 1 unspecified atom stereocenters. The first-order valence-electron chi connectivity index (χ1n) is 11.1. The minimum atomic E-state index is -0.247. The molecule has 0 spiro atoms. The summed E-state index contributed by atoms with van der Waals surface area (Å²) in [7, 11) is 1.60. The highest BCUT2D eigenvalue weighted by atomic mass is 16.6. The van der Waals surface area contributed by atoms with Crippen LogP contribution in [0.5, 0.6) is 23.3 Å². The molecule has 0 saturated heterocycles. The van der Waals surface area contributed by atoms with Crippen LogP contribution in [0.3, 0.4) is 0 Å². The Morgan fingerprint density at radius 3 is 2.68 bits per heavy atom. The van der Waals surface area contributed by atoms with E-state index in [-0.39, 0.29) is 6.10 Å². The van der Waals surface area contributed by atoms with Gasteiger partial charge in [0.05, 0.1) is 12.8 Å². The van der Waals surface area contributed by atoms with Crippen molar-refractivity contribution in [3.8, 4) is 45.6 Å². The summed E-state index contributed by atoms with van der Waals surface area (Å²) in [5.74, 6) is 2.25. The number of methoxy groups -OCH3 is 1. The van der Waals surface area contributed by atoms with E-state index in [1.807, 2.05) is 37.4 Å². The Morgan fingerprint density at radius 2 is 1.88 bits per heavy atom. The molecule has 0 N–H and O–H groups in total. The summed E-state index contributed by atoms with van der Waals surface area (Å²) in [6.45, 7) is 4.74. The number of fused-ring (bicyclic) bond motifs is 1. The lowest BCUT2D eigenvalue weighted by Gasteiger charge is -2.25. The Bertz CT molecular complexity index is 1310. The minimum absolute atomic E-state index is 0.247. The quantitative estimate of drug-likeness (QED) is 0.403. The van der Waals surface area contributed by atoms with Gasteiger partial charge in [0.15, 0.2) is 11.9 Å². The predicted molar refractivity (Wildman–Crippen MR) is 129 cm³/mol. The molecule has 7 heteroatoms. The lowest BCUT2D eigenvalue weighted by Crippen LogP contribution is -2.34. The Labute approximate surface area is 198 Å². The van der Waals surface area contributed by atoms with Crippen molar-refractivity contribution in [2.24, 2.45) is 0 Å². The Morgan fingerprint density at radius 1 is 1.00 bits per heavy atom. The number of aryl methyl sites for hydroxylation is 2. The van der Waals surface area contributed by atoms with E-state index in [9.17, 15) is 0 Å². The van der Waals surface area contributed by atoms with E-state index in [2.05, 4.69) is 46.1 Å². The highest BCUT2D eigenvalue weighted by molar-refractivity contribution is 5.72. The third kappa shape index (κ3) is 4.64. The monoisotopic (exact) mass is 455 g/mol. The van der Waals surface area contributed by atoms with Crippen LogP contribution in [0.15, 0.2) is 67.0 Å². The van der Waals surface area contributed by atoms with Gasteiger partial charge < -0.3 is 18.9 Å². The zero-order valence-corrected chi connectivity index (χ0v) is 19.3. The normalized spacial score (nSPS) is 14.5. The van der Waals surface area contributed by atoms with Crippen LogP contribution in [-0.2, 0) is 0 Å². The van der Waals surface area contributed by atoms with Gasteiger partial charge in [-0.3, -0.25) is 4.98 Å². The molecule has 3 aromatic heterocycles. The number of pyridine rings is 3. The van der Waals surface area contributed by atoms with Crippen molar-refractivity contribution >= 4 is 0 Å². The number of benzene rings is 1. The molecule has 4 aromatic rings. The van der Waals surface area contributed by atoms with Crippen LogP contribution >= 0.6 is 0 Å².